The van der Waals surface area contributed by atoms with Crippen molar-refractivity contribution in [2.24, 2.45) is 0 Å². The van der Waals surface area contributed by atoms with Crippen LogP contribution in [-0.4, -0.2) is 59.3 Å². The lowest BCUT2D eigenvalue weighted by atomic mass is 10.1. The van der Waals surface area contributed by atoms with Crippen LogP contribution < -0.4 is 10.6 Å². The number of carbonyl (C=O) groups excluding carboxylic acids is 2. The van der Waals surface area contributed by atoms with Gasteiger partial charge in [0.05, 0.1) is 12.6 Å². The quantitative estimate of drug-likeness (QED) is 0.837. The first-order valence-electron chi connectivity index (χ1n) is 7.56. The number of pyridine rings is 1. The van der Waals surface area contributed by atoms with Crippen LogP contribution in [0.3, 0.4) is 0 Å². The molecule has 2 N–H and O–H groups in total. The maximum absolute atomic E-state index is 13.1. The number of hydrogen-bond acceptors (Lipinski definition) is 4. The van der Waals surface area contributed by atoms with Crippen LogP contribution in [-0.2, 0) is 4.79 Å². The predicted octanol–water partition coefficient (Wildman–Crippen LogP) is 0.831. The average molecular weight is 361 g/mol. The fraction of sp³-hybridized carbons (Fsp3) is 0.533. The third-order valence-electron chi connectivity index (χ3n) is 4.13. The van der Waals surface area contributed by atoms with Gasteiger partial charge in [0.15, 0.2) is 0 Å². The van der Waals surface area contributed by atoms with Crippen molar-refractivity contribution in [2.75, 3.05) is 19.6 Å². The molecule has 132 valence electrons. The standard InChI is InChI=1S/C15H18F2N4O2.ClH/c16-15(17)7-12(19-9-15)13(22)20-10-4-6-21(8-10)14(23)11-3-1-2-5-18-11;/h1-3,5,10,12,19H,4,6-9H2,(H,20,22);1H. The largest absolute Gasteiger partial charge is 0.350 e. The van der Waals surface area contributed by atoms with Crippen LogP contribution in [0.5, 0.6) is 0 Å². The molecule has 3 rings (SSSR count). The summed E-state index contributed by atoms with van der Waals surface area (Å²) >= 11 is 0. The molecule has 2 aliphatic heterocycles. The van der Waals surface area contributed by atoms with Gasteiger partial charge >= 0.3 is 0 Å². The maximum Gasteiger partial charge on any atom is 0.272 e. The SMILES string of the molecule is Cl.O=C(NC1CCN(C(=O)c2ccccn2)C1)C1CC(F)(F)CN1. The van der Waals surface area contributed by atoms with Gasteiger partial charge in [-0.1, -0.05) is 6.07 Å². The molecule has 0 saturated carbocycles. The van der Waals surface area contributed by atoms with Gasteiger partial charge in [0.25, 0.3) is 11.8 Å². The Morgan fingerprint density at radius 1 is 1.38 bits per heavy atom. The lowest BCUT2D eigenvalue weighted by Crippen LogP contribution is -2.46. The second-order valence-corrected chi connectivity index (χ2v) is 5.95. The molecule has 2 saturated heterocycles. The number of nitrogens with one attached hydrogen (secondary N) is 2. The second-order valence-electron chi connectivity index (χ2n) is 5.95. The maximum atomic E-state index is 13.1. The molecule has 3 heterocycles. The summed E-state index contributed by atoms with van der Waals surface area (Å²) in [5.74, 6) is -3.45. The summed E-state index contributed by atoms with van der Waals surface area (Å²) in [5.41, 5.74) is 0.358. The highest BCUT2D eigenvalue weighted by atomic mass is 35.5. The van der Waals surface area contributed by atoms with E-state index in [1.807, 2.05) is 0 Å². The first-order chi connectivity index (χ1) is 10.9. The van der Waals surface area contributed by atoms with Crippen molar-refractivity contribution in [3.05, 3.63) is 30.1 Å². The van der Waals surface area contributed by atoms with E-state index >= 15 is 0 Å². The molecule has 9 heteroatoms. The number of likely N-dealkylation sites (tertiary alicyclic amines) is 1. The summed E-state index contributed by atoms with van der Waals surface area (Å²) in [6.07, 6.45) is 1.67. The summed E-state index contributed by atoms with van der Waals surface area (Å²) in [6, 6.07) is 4.02. The van der Waals surface area contributed by atoms with Crippen molar-refractivity contribution in [3.8, 4) is 0 Å². The van der Waals surface area contributed by atoms with E-state index in [0.29, 0.717) is 25.2 Å². The third-order valence-corrected chi connectivity index (χ3v) is 4.13. The smallest absolute Gasteiger partial charge is 0.272 e. The Kier molecular flexibility index (Phi) is 5.71. The molecule has 0 bridgehead atoms. The zero-order valence-corrected chi connectivity index (χ0v) is 13.7. The Bertz CT molecular complexity index is 602. The Balaban J connectivity index is 0.00000208. The highest BCUT2D eigenvalue weighted by Crippen LogP contribution is 2.25. The van der Waals surface area contributed by atoms with Crippen molar-refractivity contribution >= 4 is 24.2 Å². The molecule has 6 nitrogen and oxygen atoms in total. The zero-order chi connectivity index (χ0) is 16.4. The van der Waals surface area contributed by atoms with E-state index in [1.165, 1.54) is 0 Å². The monoisotopic (exact) mass is 360 g/mol. The number of rotatable bonds is 3. The molecular formula is C15H19ClF2N4O2. The van der Waals surface area contributed by atoms with Gasteiger partial charge in [0.1, 0.15) is 5.69 Å². The van der Waals surface area contributed by atoms with Crippen LogP contribution in [0.15, 0.2) is 24.4 Å². The first-order valence-corrected chi connectivity index (χ1v) is 7.56. The van der Waals surface area contributed by atoms with Crippen LogP contribution in [0.2, 0.25) is 0 Å². The number of carbonyl (C=O) groups is 2. The first kappa shape index (κ1) is 18.5. The summed E-state index contributed by atoms with van der Waals surface area (Å²) in [6.45, 7) is 0.402. The molecule has 2 amide bonds. The van der Waals surface area contributed by atoms with Crippen LogP contribution in [0, 0.1) is 0 Å². The van der Waals surface area contributed by atoms with Crippen LogP contribution in [0.1, 0.15) is 23.3 Å². The molecule has 1 aromatic rings. The van der Waals surface area contributed by atoms with E-state index in [-0.39, 0.29) is 24.4 Å². The minimum Gasteiger partial charge on any atom is -0.350 e. The molecule has 0 radical (unpaired) electrons. The van der Waals surface area contributed by atoms with E-state index in [1.54, 1.807) is 29.3 Å². The predicted molar refractivity (Wildman–Crippen MR) is 85.3 cm³/mol. The Labute approximate surface area is 144 Å². The normalized spacial score (nSPS) is 25.2. The fourth-order valence-electron chi connectivity index (χ4n) is 2.92. The van der Waals surface area contributed by atoms with Gasteiger partial charge in [0, 0.05) is 31.7 Å². The van der Waals surface area contributed by atoms with Crippen LogP contribution >= 0.6 is 12.4 Å². The summed E-state index contributed by atoms with van der Waals surface area (Å²) in [7, 11) is 0. The highest BCUT2D eigenvalue weighted by Gasteiger charge is 2.43. The summed E-state index contributed by atoms with van der Waals surface area (Å²) < 4.78 is 26.2. The number of aromatic nitrogens is 1. The average Bonchev–Trinajstić information content (AvgIpc) is 3.14. The number of halogens is 3. The zero-order valence-electron chi connectivity index (χ0n) is 12.9. The lowest BCUT2D eigenvalue weighted by molar-refractivity contribution is -0.124. The highest BCUT2D eigenvalue weighted by molar-refractivity contribution is 5.92. The van der Waals surface area contributed by atoms with Gasteiger partial charge in [-0.2, -0.15) is 0 Å². The summed E-state index contributed by atoms with van der Waals surface area (Å²) in [4.78, 5) is 29.9. The van der Waals surface area contributed by atoms with E-state index in [9.17, 15) is 18.4 Å². The molecule has 2 fully saturated rings. The minimum atomic E-state index is -2.83. The Morgan fingerprint density at radius 3 is 2.79 bits per heavy atom. The van der Waals surface area contributed by atoms with Crippen molar-refractivity contribution in [2.45, 2.75) is 30.8 Å². The fourth-order valence-corrected chi connectivity index (χ4v) is 2.92. The van der Waals surface area contributed by atoms with E-state index in [2.05, 4.69) is 15.6 Å². The van der Waals surface area contributed by atoms with E-state index < -0.39 is 30.8 Å². The molecule has 2 atom stereocenters. The van der Waals surface area contributed by atoms with Crippen LogP contribution in [0.4, 0.5) is 8.78 Å². The van der Waals surface area contributed by atoms with Crippen molar-refractivity contribution < 1.29 is 18.4 Å². The molecule has 0 aromatic carbocycles. The topological polar surface area (TPSA) is 74.3 Å². The second kappa shape index (κ2) is 7.40. The van der Waals surface area contributed by atoms with Gasteiger partial charge in [0.2, 0.25) is 5.91 Å². The lowest BCUT2D eigenvalue weighted by Gasteiger charge is -2.18. The van der Waals surface area contributed by atoms with Crippen molar-refractivity contribution in [1.82, 2.24) is 20.5 Å². The van der Waals surface area contributed by atoms with Crippen LogP contribution in [0.25, 0.3) is 0 Å². The number of alkyl halides is 2. The Hall–Kier alpha value is -1.80. The molecule has 2 aliphatic rings. The van der Waals surface area contributed by atoms with Gasteiger partial charge in [-0.05, 0) is 18.6 Å². The molecular weight excluding hydrogens is 342 g/mol. The molecule has 0 spiro atoms. The molecule has 0 aliphatic carbocycles. The number of hydrogen-bond donors (Lipinski definition) is 2. The van der Waals surface area contributed by atoms with Crippen molar-refractivity contribution in [1.29, 1.82) is 0 Å². The van der Waals surface area contributed by atoms with E-state index in [4.69, 9.17) is 0 Å². The van der Waals surface area contributed by atoms with Gasteiger partial charge in [-0.3, -0.25) is 19.9 Å². The summed E-state index contributed by atoms with van der Waals surface area (Å²) in [5, 5.41) is 5.27. The number of amides is 2. The minimum absolute atomic E-state index is 0. The number of nitrogens with zero attached hydrogens (tertiary/aromatic N) is 2. The molecule has 2 unspecified atom stereocenters. The Morgan fingerprint density at radius 2 is 2.17 bits per heavy atom. The molecule has 1 aromatic heterocycles. The van der Waals surface area contributed by atoms with E-state index in [0.717, 1.165) is 0 Å². The molecule has 24 heavy (non-hydrogen) atoms. The van der Waals surface area contributed by atoms with Gasteiger partial charge in [-0.15, -0.1) is 12.4 Å². The van der Waals surface area contributed by atoms with Gasteiger partial charge in [-0.25, -0.2) is 8.78 Å². The van der Waals surface area contributed by atoms with Gasteiger partial charge < -0.3 is 10.2 Å². The third kappa shape index (κ3) is 4.18. The van der Waals surface area contributed by atoms with Crippen molar-refractivity contribution in [3.63, 3.8) is 0 Å².